The summed E-state index contributed by atoms with van der Waals surface area (Å²) < 4.78 is 0. The summed E-state index contributed by atoms with van der Waals surface area (Å²) in [6.45, 7) is 3.97. The molecule has 0 saturated carbocycles. The second-order valence-electron chi connectivity index (χ2n) is 7.87. The maximum Gasteiger partial charge on any atom is 0.0650 e. The van der Waals surface area contributed by atoms with Crippen molar-refractivity contribution in [2.75, 3.05) is 27.2 Å². The van der Waals surface area contributed by atoms with Gasteiger partial charge < -0.3 is 4.90 Å². The quantitative estimate of drug-likeness (QED) is 0.474. The highest BCUT2D eigenvalue weighted by atomic mass is 15.2. The van der Waals surface area contributed by atoms with Gasteiger partial charge in [0.1, 0.15) is 0 Å². The Morgan fingerprint density at radius 3 is 2.34 bits per heavy atom. The molecule has 0 aliphatic carbocycles. The Morgan fingerprint density at radius 2 is 1.52 bits per heavy atom. The van der Waals surface area contributed by atoms with Crippen LogP contribution in [-0.4, -0.2) is 47.2 Å². The van der Waals surface area contributed by atoms with Crippen molar-refractivity contribution in [2.24, 2.45) is 0 Å². The summed E-state index contributed by atoms with van der Waals surface area (Å²) in [7, 11) is 4.26. The van der Waals surface area contributed by atoms with Crippen LogP contribution in [0.25, 0.3) is 22.0 Å². The van der Waals surface area contributed by atoms with Gasteiger partial charge in [-0.15, -0.1) is 0 Å². The van der Waals surface area contributed by atoms with Crippen LogP contribution in [0.2, 0.25) is 0 Å². The van der Waals surface area contributed by atoms with E-state index in [1.165, 1.54) is 22.3 Å². The smallest absolute Gasteiger partial charge is 0.0650 e. The van der Waals surface area contributed by atoms with Crippen LogP contribution in [0.4, 0.5) is 0 Å². The first-order valence-electron chi connectivity index (χ1n) is 10.1. The van der Waals surface area contributed by atoms with Crippen LogP contribution < -0.4 is 0 Å². The van der Waals surface area contributed by atoms with Gasteiger partial charge in [-0.2, -0.15) is 5.10 Å². The first-order valence-corrected chi connectivity index (χ1v) is 10.1. The lowest BCUT2D eigenvalue weighted by atomic mass is 10.0. The van der Waals surface area contributed by atoms with Gasteiger partial charge in [0.05, 0.1) is 11.7 Å². The van der Waals surface area contributed by atoms with Gasteiger partial charge in [-0.25, -0.2) is 0 Å². The minimum atomic E-state index is 0.935. The number of rotatable bonds is 8. The van der Waals surface area contributed by atoms with E-state index in [4.69, 9.17) is 0 Å². The largest absolute Gasteiger partial charge is 0.308 e. The van der Waals surface area contributed by atoms with Crippen molar-refractivity contribution in [1.29, 1.82) is 0 Å². The topological polar surface area (TPSA) is 35.2 Å². The molecule has 4 aromatic rings. The Kier molecular flexibility index (Phi) is 6.03. The number of H-pyrrole nitrogens is 1. The number of hydrogen-bond donors (Lipinski definition) is 1. The molecule has 4 rings (SSSR count). The van der Waals surface area contributed by atoms with Crippen LogP contribution in [0.5, 0.6) is 0 Å². The van der Waals surface area contributed by atoms with Crippen molar-refractivity contribution in [3.05, 3.63) is 90.1 Å². The Morgan fingerprint density at radius 1 is 0.759 bits per heavy atom. The van der Waals surface area contributed by atoms with Gasteiger partial charge in [0.15, 0.2) is 0 Å². The molecule has 0 unspecified atom stereocenters. The van der Waals surface area contributed by atoms with Crippen molar-refractivity contribution in [2.45, 2.75) is 13.1 Å². The summed E-state index contributed by atoms with van der Waals surface area (Å²) in [5.74, 6) is 0. The monoisotopic (exact) mass is 384 g/mol. The van der Waals surface area contributed by atoms with Crippen LogP contribution in [0.15, 0.2) is 79.0 Å². The van der Waals surface area contributed by atoms with Crippen LogP contribution >= 0.6 is 0 Å². The van der Waals surface area contributed by atoms with E-state index in [1.807, 2.05) is 6.20 Å². The molecule has 0 aliphatic rings. The number of aromatic nitrogens is 2. The molecule has 148 valence electrons. The second-order valence-corrected chi connectivity index (χ2v) is 7.87. The maximum atomic E-state index is 4.13. The molecule has 4 heteroatoms. The molecule has 0 aliphatic heterocycles. The second kappa shape index (κ2) is 9.03. The Balaban J connectivity index is 1.54. The SMILES string of the molecule is CN(C)CCN(Cc1ccccc1)Cc1cccc(-c2ccc3[nH]ncc3c2)c1. The van der Waals surface area contributed by atoms with Crippen LogP contribution in [0, 0.1) is 0 Å². The first kappa shape index (κ1) is 19.4. The van der Waals surface area contributed by atoms with Gasteiger partial charge in [-0.1, -0.05) is 54.6 Å². The van der Waals surface area contributed by atoms with Crippen molar-refractivity contribution < 1.29 is 0 Å². The minimum Gasteiger partial charge on any atom is -0.308 e. The standard InChI is InChI=1S/C25H28N4/c1-28(2)13-14-29(18-20-7-4-3-5-8-20)19-21-9-6-10-22(15-21)23-11-12-25-24(16-23)17-26-27-25/h3-12,15-17H,13-14,18-19H2,1-2H3,(H,26,27). The van der Waals surface area contributed by atoms with Crippen molar-refractivity contribution in [1.82, 2.24) is 20.0 Å². The van der Waals surface area contributed by atoms with Gasteiger partial charge in [0.25, 0.3) is 0 Å². The Bertz CT molecular complexity index is 1050. The zero-order chi connectivity index (χ0) is 20.1. The first-order chi connectivity index (χ1) is 14.2. The average molecular weight is 385 g/mol. The molecule has 1 heterocycles. The lowest BCUT2D eigenvalue weighted by Crippen LogP contribution is -2.31. The molecule has 0 bridgehead atoms. The zero-order valence-corrected chi connectivity index (χ0v) is 17.2. The summed E-state index contributed by atoms with van der Waals surface area (Å²) in [6.07, 6.45) is 1.88. The summed E-state index contributed by atoms with van der Waals surface area (Å²) in [5.41, 5.74) is 6.24. The van der Waals surface area contributed by atoms with Gasteiger partial charge in [0, 0.05) is 31.6 Å². The lowest BCUT2D eigenvalue weighted by molar-refractivity contribution is 0.226. The van der Waals surface area contributed by atoms with Crippen LogP contribution in [-0.2, 0) is 13.1 Å². The maximum absolute atomic E-state index is 4.13. The summed E-state index contributed by atoms with van der Waals surface area (Å²) >= 11 is 0. The molecular weight excluding hydrogens is 356 g/mol. The molecule has 1 N–H and O–H groups in total. The number of nitrogens with one attached hydrogen (secondary N) is 1. The third kappa shape index (κ3) is 5.11. The van der Waals surface area contributed by atoms with E-state index in [-0.39, 0.29) is 0 Å². The molecule has 0 atom stereocenters. The summed E-state index contributed by atoms with van der Waals surface area (Å²) in [5, 5.41) is 8.30. The Hall–Kier alpha value is -2.95. The summed E-state index contributed by atoms with van der Waals surface area (Å²) in [4.78, 5) is 4.77. The molecule has 0 spiro atoms. The number of fused-ring (bicyclic) bond motifs is 1. The highest BCUT2D eigenvalue weighted by molar-refractivity contribution is 5.84. The van der Waals surface area contributed by atoms with Gasteiger partial charge in [0.2, 0.25) is 0 Å². The highest BCUT2D eigenvalue weighted by Crippen LogP contribution is 2.25. The van der Waals surface area contributed by atoms with Crippen molar-refractivity contribution >= 4 is 10.9 Å². The van der Waals surface area contributed by atoms with Crippen LogP contribution in [0.1, 0.15) is 11.1 Å². The average Bonchev–Trinajstić information content (AvgIpc) is 3.21. The molecule has 0 amide bonds. The molecule has 3 aromatic carbocycles. The van der Waals surface area contributed by atoms with Gasteiger partial charge in [-0.05, 0) is 54.5 Å². The third-order valence-electron chi connectivity index (χ3n) is 5.22. The lowest BCUT2D eigenvalue weighted by Gasteiger charge is -2.24. The van der Waals surface area contributed by atoms with E-state index in [0.717, 1.165) is 37.1 Å². The number of hydrogen-bond acceptors (Lipinski definition) is 3. The molecule has 0 radical (unpaired) electrons. The van der Waals surface area contributed by atoms with E-state index in [0.29, 0.717) is 0 Å². The predicted molar refractivity (Wildman–Crippen MR) is 121 cm³/mol. The van der Waals surface area contributed by atoms with E-state index in [1.54, 1.807) is 0 Å². The molecule has 0 fully saturated rings. The third-order valence-corrected chi connectivity index (χ3v) is 5.22. The molecule has 1 aromatic heterocycles. The van der Waals surface area contributed by atoms with E-state index in [2.05, 4.69) is 107 Å². The fraction of sp³-hybridized carbons (Fsp3) is 0.240. The normalized spacial score (nSPS) is 11.6. The van der Waals surface area contributed by atoms with Gasteiger partial charge in [-0.3, -0.25) is 10.00 Å². The van der Waals surface area contributed by atoms with Crippen molar-refractivity contribution in [3.63, 3.8) is 0 Å². The molecule has 0 saturated heterocycles. The van der Waals surface area contributed by atoms with E-state index in [9.17, 15) is 0 Å². The number of likely N-dealkylation sites (N-methyl/N-ethyl adjacent to an activating group) is 1. The predicted octanol–water partition coefficient (Wildman–Crippen LogP) is 4.79. The minimum absolute atomic E-state index is 0.935. The fourth-order valence-corrected chi connectivity index (χ4v) is 3.63. The number of aromatic amines is 1. The fourth-order valence-electron chi connectivity index (χ4n) is 3.63. The van der Waals surface area contributed by atoms with Crippen molar-refractivity contribution in [3.8, 4) is 11.1 Å². The van der Waals surface area contributed by atoms with Gasteiger partial charge >= 0.3 is 0 Å². The molecular formula is C25H28N4. The molecule has 29 heavy (non-hydrogen) atoms. The Labute approximate surface area is 172 Å². The molecule has 4 nitrogen and oxygen atoms in total. The number of nitrogens with zero attached hydrogens (tertiary/aromatic N) is 3. The highest BCUT2D eigenvalue weighted by Gasteiger charge is 2.09. The number of benzene rings is 3. The zero-order valence-electron chi connectivity index (χ0n) is 17.2. The van der Waals surface area contributed by atoms with Crippen LogP contribution in [0.3, 0.4) is 0 Å². The summed E-state index contributed by atoms with van der Waals surface area (Å²) in [6, 6.07) is 26.1. The van der Waals surface area contributed by atoms with E-state index >= 15 is 0 Å². The van der Waals surface area contributed by atoms with E-state index < -0.39 is 0 Å².